The number of amides is 1. The van der Waals surface area contributed by atoms with E-state index in [1.165, 1.54) is 11.3 Å². The molecule has 0 spiro atoms. The van der Waals surface area contributed by atoms with Crippen LogP contribution in [0.25, 0.3) is 0 Å². The molecule has 1 amide bonds. The van der Waals surface area contributed by atoms with Gasteiger partial charge in [0, 0.05) is 18.7 Å². The predicted octanol–water partition coefficient (Wildman–Crippen LogP) is 1.88. The molecule has 0 atom stereocenters. The second kappa shape index (κ2) is 8.20. The van der Waals surface area contributed by atoms with Crippen LogP contribution in [0.1, 0.15) is 26.5 Å². The van der Waals surface area contributed by atoms with Gasteiger partial charge in [0.2, 0.25) is 0 Å². The Labute approximate surface area is 116 Å². The first kappa shape index (κ1) is 15.1. The number of aliphatic hydroxyl groups is 1. The summed E-state index contributed by atoms with van der Waals surface area (Å²) < 4.78 is 0. The Hall–Kier alpha value is -0.960. The molecule has 0 radical (unpaired) electrons. The van der Waals surface area contributed by atoms with Gasteiger partial charge in [-0.15, -0.1) is 11.3 Å². The van der Waals surface area contributed by atoms with Crippen LogP contribution in [-0.4, -0.2) is 36.2 Å². The summed E-state index contributed by atoms with van der Waals surface area (Å²) in [7, 11) is 0. The fraction of sp³-hybridized carbons (Fsp3) is 0.462. The third kappa shape index (κ3) is 4.73. The van der Waals surface area contributed by atoms with Crippen LogP contribution in [0.4, 0.5) is 0 Å². The summed E-state index contributed by atoms with van der Waals surface area (Å²) >= 11 is 3.11. The van der Waals surface area contributed by atoms with E-state index in [-0.39, 0.29) is 12.5 Å². The number of carbonyl (C=O) groups is 1. The van der Waals surface area contributed by atoms with Crippen molar-refractivity contribution in [3.63, 3.8) is 0 Å². The van der Waals surface area contributed by atoms with Gasteiger partial charge in [-0.05, 0) is 24.8 Å². The quantitative estimate of drug-likeness (QED) is 0.641. The predicted molar refractivity (Wildman–Crippen MR) is 78.4 cm³/mol. The maximum absolute atomic E-state index is 11.8. The fourth-order valence-corrected chi connectivity index (χ4v) is 2.54. The lowest BCUT2D eigenvalue weighted by atomic mass is 10.2. The summed E-state index contributed by atoms with van der Waals surface area (Å²) in [6, 6.07) is 1.86. The Balaban J connectivity index is 2.66. The molecule has 1 aromatic rings. The van der Waals surface area contributed by atoms with Gasteiger partial charge in [0.15, 0.2) is 0 Å². The summed E-state index contributed by atoms with van der Waals surface area (Å²) in [6.07, 6.45) is 2.48. The molecule has 1 heterocycles. The highest BCUT2D eigenvalue weighted by atomic mass is 32.2. The molecule has 0 bridgehead atoms. The zero-order valence-electron chi connectivity index (χ0n) is 10.6. The van der Waals surface area contributed by atoms with Crippen LogP contribution in [0.2, 0.25) is 0 Å². The summed E-state index contributed by atoms with van der Waals surface area (Å²) in [5.41, 5.74) is 1.01. The molecule has 0 aliphatic rings. The van der Waals surface area contributed by atoms with Gasteiger partial charge in [0.25, 0.3) is 5.91 Å². The van der Waals surface area contributed by atoms with Gasteiger partial charge >= 0.3 is 0 Å². The van der Waals surface area contributed by atoms with Gasteiger partial charge in [-0.2, -0.15) is 11.8 Å². The van der Waals surface area contributed by atoms with Gasteiger partial charge in [0.05, 0.1) is 16.4 Å². The van der Waals surface area contributed by atoms with Gasteiger partial charge in [-0.1, -0.05) is 11.8 Å². The molecule has 0 saturated heterocycles. The maximum Gasteiger partial charge on any atom is 0.261 e. The monoisotopic (exact) mass is 283 g/mol. The van der Waals surface area contributed by atoms with E-state index in [1.54, 1.807) is 11.8 Å². The number of rotatable bonds is 5. The first-order valence-corrected chi connectivity index (χ1v) is 7.87. The van der Waals surface area contributed by atoms with Crippen LogP contribution < -0.4 is 5.32 Å². The molecule has 0 fully saturated rings. The van der Waals surface area contributed by atoms with Crippen LogP contribution in [0.15, 0.2) is 6.07 Å². The van der Waals surface area contributed by atoms with Crippen LogP contribution >= 0.6 is 23.1 Å². The van der Waals surface area contributed by atoms with Crippen molar-refractivity contribution in [1.82, 2.24) is 5.32 Å². The lowest BCUT2D eigenvalue weighted by Gasteiger charge is -2.00. The van der Waals surface area contributed by atoms with Crippen molar-refractivity contribution in [2.45, 2.75) is 13.3 Å². The lowest BCUT2D eigenvalue weighted by Crippen LogP contribution is -2.24. The van der Waals surface area contributed by atoms with Gasteiger partial charge in [-0.3, -0.25) is 4.79 Å². The topological polar surface area (TPSA) is 49.3 Å². The van der Waals surface area contributed by atoms with E-state index in [0.717, 1.165) is 16.2 Å². The van der Waals surface area contributed by atoms with E-state index in [2.05, 4.69) is 17.2 Å². The molecule has 0 aromatic carbocycles. The molecule has 1 rings (SSSR count). The van der Waals surface area contributed by atoms with E-state index >= 15 is 0 Å². The number of thiophene rings is 1. The summed E-state index contributed by atoms with van der Waals surface area (Å²) in [6.45, 7) is 2.69. The number of thioether (sulfide) groups is 1. The van der Waals surface area contributed by atoms with E-state index in [0.29, 0.717) is 17.8 Å². The van der Waals surface area contributed by atoms with Gasteiger partial charge in [0.1, 0.15) is 0 Å². The van der Waals surface area contributed by atoms with Crippen molar-refractivity contribution in [2.75, 3.05) is 25.2 Å². The second-order valence-electron chi connectivity index (χ2n) is 3.65. The molecule has 2 N–H and O–H groups in total. The first-order valence-electron chi connectivity index (χ1n) is 5.66. The van der Waals surface area contributed by atoms with Gasteiger partial charge in [-0.25, -0.2) is 0 Å². The summed E-state index contributed by atoms with van der Waals surface area (Å²) in [5.74, 6) is 6.73. The third-order valence-electron chi connectivity index (χ3n) is 2.17. The molecule has 3 nitrogen and oxygen atoms in total. The molecule has 0 saturated carbocycles. The molecule has 5 heteroatoms. The largest absolute Gasteiger partial charge is 0.395 e. The zero-order chi connectivity index (χ0) is 13.4. The minimum atomic E-state index is -0.0349. The summed E-state index contributed by atoms with van der Waals surface area (Å²) in [5, 5.41) is 11.5. The Morgan fingerprint density at radius 2 is 2.39 bits per heavy atom. The molecular weight excluding hydrogens is 266 g/mol. The number of aliphatic hydroxyl groups excluding tert-OH is 1. The average molecular weight is 283 g/mol. The Morgan fingerprint density at radius 3 is 3.06 bits per heavy atom. The molecular formula is C13H17NO2S2. The van der Waals surface area contributed by atoms with E-state index in [4.69, 9.17) is 5.11 Å². The SMILES string of the molecule is CSCCNC(=O)c1cc(C)c(C#CCCO)s1. The highest BCUT2D eigenvalue weighted by Gasteiger charge is 2.10. The molecule has 0 unspecified atom stereocenters. The minimum absolute atomic E-state index is 0.0349. The zero-order valence-corrected chi connectivity index (χ0v) is 12.2. The maximum atomic E-state index is 11.8. The first-order chi connectivity index (χ1) is 8.69. The van der Waals surface area contributed by atoms with Crippen molar-refractivity contribution in [3.8, 4) is 11.8 Å². The minimum Gasteiger partial charge on any atom is -0.395 e. The fourth-order valence-electron chi connectivity index (χ4n) is 1.27. The summed E-state index contributed by atoms with van der Waals surface area (Å²) in [4.78, 5) is 13.4. The smallest absolute Gasteiger partial charge is 0.261 e. The van der Waals surface area contributed by atoms with Crippen LogP contribution in [-0.2, 0) is 0 Å². The van der Waals surface area contributed by atoms with E-state index < -0.39 is 0 Å². The molecule has 0 aliphatic heterocycles. The highest BCUT2D eigenvalue weighted by molar-refractivity contribution is 7.98. The van der Waals surface area contributed by atoms with Crippen LogP contribution in [0.3, 0.4) is 0 Å². The average Bonchev–Trinajstić information content (AvgIpc) is 2.72. The standard InChI is InChI=1S/C13H17NO2S2/c1-10-9-12(13(16)14-6-8-17-2)18-11(10)5-3-4-7-15/h9,15H,4,6-8H2,1-2H3,(H,14,16). The van der Waals surface area contributed by atoms with Crippen molar-refractivity contribution in [3.05, 3.63) is 21.4 Å². The second-order valence-corrected chi connectivity index (χ2v) is 5.68. The number of hydrogen-bond acceptors (Lipinski definition) is 4. The Morgan fingerprint density at radius 1 is 1.61 bits per heavy atom. The number of carbonyl (C=O) groups excluding carboxylic acids is 1. The normalized spacial score (nSPS) is 9.72. The van der Waals surface area contributed by atoms with Crippen molar-refractivity contribution >= 4 is 29.0 Å². The Kier molecular flexibility index (Phi) is 6.88. The molecule has 0 aliphatic carbocycles. The molecule has 18 heavy (non-hydrogen) atoms. The number of hydrogen-bond donors (Lipinski definition) is 2. The molecule has 98 valence electrons. The van der Waals surface area contributed by atoms with Crippen LogP contribution in [0.5, 0.6) is 0 Å². The van der Waals surface area contributed by atoms with Crippen LogP contribution in [0, 0.1) is 18.8 Å². The number of nitrogens with one attached hydrogen (secondary N) is 1. The van der Waals surface area contributed by atoms with E-state index in [1.807, 2.05) is 19.2 Å². The van der Waals surface area contributed by atoms with Gasteiger partial charge < -0.3 is 10.4 Å². The highest BCUT2D eigenvalue weighted by Crippen LogP contribution is 2.20. The Bertz CT molecular complexity index is 457. The molecule has 1 aromatic heterocycles. The third-order valence-corrected chi connectivity index (χ3v) is 3.94. The lowest BCUT2D eigenvalue weighted by molar-refractivity contribution is 0.0960. The van der Waals surface area contributed by atoms with Crippen molar-refractivity contribution in [2.24, 2.45) is 0 Å². The van der Waals surface area contributed by atoms with Crippen molar-refractivity contribution in [1.29, 1.82) is 0 Å². The number of aryl methyl sites for hydroxylation is 1. The van der Waals surface area contributed by atoms with Crippen molar-refractivity contribution < 1.29 is 9.90 Å². The van der Waals surface area contributed by atoms with E-state index in [9.17, 15) is 4.79 Å².